The summed E-state index contributed by atoms with van der Waals surface area (Å²) in [4.78, 5) is 2.12. The number of thiocarbonyl (C=S) groups is 1. The van der Waals surface area contributed by atoms with Gasteiger partial charge >= 0.3 is 0 Å². The summed E-state index contributed by atoms with van der Waals surface area (Å²) in [5.74, 6) is 0.843. The molecule has 0 fully saturated rings. The molecule has 0 amide bonds. The summed E-state index contributed by atoms with van der Waals surface area (Å²) in [6.45, 7) is 4.44. The van der Waals surface area contributed by atoms with Crippen LogP contribution in [0.25, 0.3) is 11.3 Å². The minimum absolute atomic E-state index is 0.693. The van der Waals surface area contributed by atoms with Crippen LogP contribution in [0.1, 0.15) is 18.2 Å². The molecule has 2 heterocycles. The second-order valence-corrected chi connectivity index (χ2v) is 5.77. The van der Waals surface area contributed by atoms with Crippen LogP contribution in [0.2, 0.25) is 5.02 Å². The molecule has 0 saturated heterocycles. The van der Waals surface area contributed by atoms with Gasteiger partial charge in [-0.05, 0) is 49.8 Å². The molecule has 0 saturated carbocycles. The number of hydrogen-bond donors (Lipinski definition) is 1. The normalized spacial score (nSPS) is 13.9. The lowest BCUT2D eigenvalue weighted by atomic mass is 10.0. The molecule has 1 aromatic carbocycles. The van der Waals surface area contributed by atoms with Gasteiger partial charge in [-0.2, -0.15) is 0 Å². The van der Waals surface area contributed by atoms with E-state index in [-0.39, 0.29) is 0 Å². The van der Waals surface area contributed by atoms with Gasteiger partial charge in [-0.3, -0.25) is 0 Å². The second-order valence-electron chi connectivity index (χ2n) is 4.95. The first-order valence-electron chi connectivity index (χ1n) is 6.95. The lowest BCUT2D eigenvalue weighted by molar-refractivity contribution is 0.366. The third kappa shape index (κ3) is 2.89. The Hall–Kier alpha value is -1.59. The first kappa shape index (κ1) is 14.4. The van der Waals surface area contributed by atoms with Crippen LogP contribution in [0.5, 0.6) is 0 Å². The van der Waals surface area contributed by atoms with Crippen molar-refractivity contribution in [3.05, 3.63) is 40.5 Å². The van der Waals surface area contributed by atoms with E-state index < -0.39 is 0 Å². The lowest BCUT2D eigenvalue weighted by Crippen LogP contribution is -2.42. The molecule has 2 aromatic rings. The lowest BCUT2D eigenvalue weighted by Gasteiger charge is -2.28. The highest BCUT2D eigenvalue weighted by Crippen LogP contribution is 2.30. The monoisotopic (exact) mass is 321 g/mol. The molecule has 4 nitrogen and oxygen atoms in total. The number of nitrogens with one attached hydrogen (secondary N) is 1. The SMILES string of the molecule is CCNC(=S)N1CCc2c(noc2-c2ccc(Cl)cc2)C1. The van der Waals surface area contributed by atoms with Gasteiger partial charge in [-0.15, -0.1) is 0 Å². The van der Waals surface area contributed by atoms with Crippen molar-refractivity contribution >= 4 is 28.9 Å². The van der Waals surface area contributed by atoms with Crippen molar-refractivity contribution < 1.29 is 4.52 Å². The maximum atomic E-state index is 5.93. The molecule has 0 aliphatic carbocycles. The summed E-state index contributed by atoms with van der Waals surface area (Å²) in [7, 11) is 0. The van der Waals surface area contributed by atoms with E-state index in [0.29, 0.717) is 11.6 Å². The third-order valence-corrected chi connectivity index (χ3v) is 4.22. The number of hydrogen-bond acceptors (Lipinski definition) is 3. The van der Waals surface area contributed by atoms with Gasteiger partial charge < -0.3 is 14.7 Å². The van der Waals surface area contributed by atoms with Crippen LogP contribution < -0.4 is 5.32 Å². The molecule has 0 bridgehead atoms. The fourth-order valence-electron chi connectivity index (χ4n) is 2.50. The summed E-state index contributed by atoms with van der Waals surface area (Å²) in [5, 5.41) is 8.88. The van der Waals surface area contributed by atoms with Gasteiger partial charge in [-0.25, -0.2) is 0 Å². The van der Waals surface area contributed by atoms with Gasteiger partial charge in [0.2, 0.25) is 0 Å². The van der Waals surface area contributed by atoms with E-state index in [1.807, 2.05) is 31.2 Å². The van der Waals surface area contributed by atoms with Gasteiger partial charge in [0.15, 0.2) is 10.9 Å². The minimum atomic E-state index is 0.693. The zero-order valence-corrected chi connectivity index (χ0v) is 13.3. The molecule has 1 N–H and O–H groups in total. The Bertz CT molecular complexity index is 653. The Morgan fingerprint density at radius 1 is 1.43 bits per heavy atom. The molecule has 3 rings (SSSR count). The molecule has 0 spiro atoms. The molecule has 0 radical (unpaired) electrons. The van der Waals surface area contributed by atoms with E-state index >= 15 is 0 Å². The largest absolute Gasteiger partial charge is 0.363 e. The van der Waals surface area contributed by atoms with Gasteiger partial charge in [0.05, 0.1) is 6.54 Å². The van der Waals surface area contributed by atoms with Crippen LogP contribution in [-0.4, -0.2) is 28.3 Å². The predicted octanol–water partition coefficient (Wildman–Crippen LogP) is 3.25. The molecule has 6 heteroatoms. The molecule has 110 valence electrons. The molecule has 1 aliphatic rings. The average molecular weight is 322 g/mol. The summed E-state index contributed by atoms with van der Waals surface area (Å²) in [5.41, 5.74) is 3.15. The average Bonchev–Trinajstić information content (AvgIpc) is 2.91. The second kappa shape index (κ2) is 6.03. The van der Waals surface area contributed by atoms with Crippen molar-refractivity contribution in [2.45, 2.75) is 19.9 Å². The summed E-state index contributed by atoms with van der Waals surface area (Å²) < 4.78 is 5.55. The highest BCUT2D eigenvalue weighted by molar-refractivity contribution is 7.80. The van der Waals surface area contributed by atoms with Crippen LogP contribution >= 0.6 is 23.8 Å². The van der Waals surface area contributed by atoms with Crippen molar-refractivity contribution in [1.29, 1.82) is 0 Å². The molecule has 21 heavy (non-hydrogen) atoms. The fraction of sp³-hybridized carbons (Fsp3) is 0.333. The van der Waals surface area contributed by atoms with Gasteiger partial charge in [0.1, 0.15) is 5.69 Å². The van der Waals surface area contributed by atoms with Crippen molar-refractivity contribution in [3.8, 4) is 11.3 Å². The van der Waals surface area contributed by atoms with E-state index in [2.05, 4.69) is 15.4 Å². The van der Waals surface area contributed by atoms with Gasteiger partial charge in [0.25, 0.3) is 0 Å². The van der Waals surface area contributed by atoms with Crippen LogP contribution in [0.15, 0.2) is 28.8 Å². The number of nitrogens with zero attached hydrogens (tertiary/aromatic N) is 2. The van der Waals surface area contributed by atoms with Crippen LogP contribution in [0.3, 0.4) is 0 Å². The van der Waals surface area contributed by atoms with Gasteiger partial charge in [0, 0.05) is 29.2 Å². The standard InChI is InChI=1S/C15H16ClN3OS/c1-2-17-15(21)19-8-7-12-13(9-19)18-20-14(12)10-3-5-11(16)6-4-10/h3-6H,2,7-9H2,1H3,(H,17,21). The van der Waals surface area contributed by atoms with E-state index in [1.165, 1.54) is 5.56 Å². The predicted molar refractivity (Wildman–Crippen MR) is 87.3 cm³/mol. The zero-order chi connectivity index (χ0) is 14.8. The summed E-state index contributed by atoms with van der Waals surface area (Å²) in [6, 6.07) is 7.64. The molecular weight excluding hydrogens is 306 g/mol. The zero-order valence-electron chi connectivity index (χ0n) is 11.7. The topological polar surface area (TPSA) is 41.3 Å². The van der Waals surface area contributed by atoms with E-state index in [4.69, 9.17) is 28.3 Å². The number of aromatic nitrogens is 1. The Kier molecular flexibility index (Phi) is 4.12. The molecule has 0 unspecified atom stereocenters. The molecule has 1 aliphatic heterocycles. The Morgan fingerprint density at radius 2 is 2.19 bits per heavy atom. The smallest absolute Gasteiger partial charge is 0.170 e. The third-order valence-electron chi connectivity index (χ3n) is 3.56. The van der Waals surface area contributed by atoms with Crippen molar-refractivity contribution in [3.63, 3.8) is 0 Å². The number of fused-ring (bicyclic) bond motifs is 1. The van der Waals surface area contributed by atoms with E-state index in [0.717, 1.165) is 41.6 Å². The van der Waals surface area contributed by atoms with Crippen molar-refractivity contribution in [2.24, 2.45) is 0 Å². The Labute approximate surface area is 134 Å². The summed E-state index contributed by atoms with van der Waals surface area (Å²) in [6.07, 6.45) is 0.877. The number of halogens is 1. The van der Waals surface area contributed by atoms with Crippen molar-refractivity contribution in [2.75, 3.05) is 13.1 Å². The van der Waals surface area contributed by atoms with Crippen LogP contribution in [0, 0.1) is 0 Å². The van der Waals surface area contributed by atoms with E-state index in [1.54, 1.807) is 0 Å². The quantitative estimate of drug-likeness (QED) is 0.860. The van der Waals surface area contributed by atoms with Crippen molar-refractivity contribution in [1.82, 2.24) is 15.4 Å². The first-order valence-corrected chi connectivity index (χ1v) is 7.73. The maximum Gasteiger partial charge on any atom is 0.170 e. The number of rotatable bonds is 2. The maximum absolute atomic E-state index is 5.93. The Balaban J connectivity index is 1.84. The number of benzene rings is 1. The fourth-order valence-corrected chi connectivity index (χ4v) is 2.92. The summed E-state index contributed by atoms with van der Waals surface area (Å²) >= 11 is 11.3. The molecular formula is C15H16ClN3OS. The minimum Gasteiger partial charge on any atom is -0.363 e. The first-order chi connectivity index (χ1) is 10.2. The van der Waals surface area contributed by atoms with Crippen LogP contribution in [-0.2, 0) is 13.0 Å². The highest BCUT2D eigenvalue weighted by Gasteiger charge is 2.25. The van der Waals surface area contributed by atoms with Crippen LogP contribution in [0.4, 0.5) is 0 Å². The highest BCUT2D eigenvalue weighted by atomic mass is 35.5. The molecule has 1 aromatic heterocycles. The Morgan fingerprint density at radius 3 is 2.90 bits per heavy atom. The van der Waals surface area contributed by atoms with E-state index in [9.17, 15) is 0 Å². The van der Waals surface area contributed by atoms with Gasteiger partial charge in [-0.1, -0.05) is 16.8 Å². The molecule has 0 atom stereocenters.